The van der Waals surface area contributed by atoms with Crippen molar-refractivity contribution in [1.82, 2.24) is 0 Å². The average molecular weight is 269 g/mol. The Kier molecular flexibility index (Phi) is 3.36. The van der Waals surface area contributed by atoms with Crippen LogP contribution in [0.5, 0.6) is 5.75 Å². The van der Waals surface area contributed by atoms with E-state index in [0.29, 0.717) is 5.56 Å². The second kappa shape index (κ2) is 5.17. The first-order valence-electron chi connectivity index (χ1n) is 6.98. The fraction of sp³-hybridized carbons (Fsp3) is 0.294. The van der Waals surface area contributed by atoms with Gasteiger partial charge in [0.05, 0.1) is 6.10 Å². The van der Waals surface area contributed by atoms with Crippen LogP contribution < -0.4 is 4.90 Å². The van der Waals surface area contributed by atoms with Crippen LogP contribution in [0.4, 0.5) is 5.69 Å². The van der Waals surface area contributed by atoms with Crippen LogP contribution in [0, 0.1) is 0 Å². The van der Waals surface area contributed by atoms with E-state index in [2.05, 4.69) is 29.2 Å². The van der Waals surface area contributed by atoms with Crippen molar-refractivity contribution in [2.75, 3.05) is 11.4 Å². The van der Waals surface area contributed by atoms with E-state index in [-0.39, 0.29) is 5.75 Å². The molecule has 3 heteroatoms. The first-order chi connectivity index (χ1) is 9.65. The van der Waals surface area contributed by atoms with E-state index in [9.17, 15) is 10.2 Å². The first-order valence-corrected chi connectivity index (χ1v) is 6.98. The summed E-state index contributed by atoms with van der Waals surface area (Å²) < 4.78 is 0. The van der Waals surface area contributed by atoms with Crippen LogP contribution in [-0.4, -0.2) is 16.8 Å². The Morgan fingerprint density at radius 1 is 1.10 bits per heavy atom. The maximum absolute atomic E-state index is 10.0. The van der Waals surface area contributed by atoms with Gasteiger partial charge in [-0.1, -0.05) is 30.3 Å². The Hall–Kier alpha value is -2.00. The summed E-state index contributed by atoms with van der Waals surface area (Å²) in [4.78, 5) is 2.26. The minimum atomic E-state index is -0.647. The SMILES string of the molecule is CC(O)c1ccc(N2CCc3ccccc3C2)cc1O. The van der Waals surface area contributed by atoms with E-state index in [0.717, 1.165) is 25.2 Å². The van der Waals surface area contributed by atoms with Crippen molar-refractivity contribution in [2.24, 2.45) is 0 Å². The van der Waals surface area contributed by atoms with Crippen LogP contribution >= 0.6 is 0 Å². The minimum absolute atomic E-state index is 0.163. The quantitative estimate of drug-likeness (QED) is 0.880. The molecule has 2 aromatic rings. The van der Waals surface area contributed by atoms with Crippen molar-refractivity contribution in [1.29, 1.82) is 0 Å². The molecule has 1 aliphatic heterocycles. The summed E-state index contributed by atoms with van der Waals surface area (Å²) in [5.74, 6) is 0.163. The van der Waals surface area contributed by atoms with Crippen LogP contribution in [0.3, 0.4) is 0 Å². The third kappa shape index (κ3) is 2.37. The molecule has 0 aromatic heterocycles. The van der Waals surface area contributed by atoms with Gasteiger partial charge in [0.25, 0.3) is 0 Å². The molecule has 104 valence electrons. The number of aliphatic hydroxyl groups is 1. The molecule has 1 unspecified atom stereocenters. The van der Waals surface area contributed by atoms with Gasteiger partial charge in [0.2, 0.25) is 0 Å². The van der Waals surface area contributed by atoms with E-state index in [1.165, 1.54) is 11.1 Å². The molecule has 3 rings (SSSR count). The monoisotopic (exact) mass is 269 g/mol. The first kappa shape index (κ1) is 13.0. The maximum Gasteiger partial charge on any atom is 0.123 e. The number of anilines is 1. The smallest absolute Gasteiger partial charge is 0.123 e. The average Bonchev–Trinajstić information content (AvgIpc) is 2.46. The highest BCUT2D eigenvalue weighted by molar-refractivity contribution is 5.55. The molecule has 0 saturated carbocycles. The molecule has 20 heavy (non-hydrogen) atoms. The zero-order valence-corrected chi connectivity index (χ0v) is 11.6. The highest BCUT2D eigenvalue weighted by atomic mass is 16.3. The molecule has 1 heterocycles. The van der Waals surface area contributed by atoms with Gasteiger partial charge in [0, 0.05) is 30.4 Å². The number of hydrogen-bond donors (Lipinski definition) is 2. The minimum Gasteiger partial charge on any atom is -0.507 e. The molecule has 1 atom stereocenters. The lowest BCUT2D eigenvalue weighted by molar-refractivity contribution is 0.195. The lowest BCUT2D eigenvalue weighted by Gasteiger charge is -2.31. The van der Waals surface area contributed by atoms with E-state index in [4.69, 9.17) is 0 Å². The predicted octanol–water partition coefficient (Wildman–Crippen LogP) is 3.01. The Morgan fingerprint density at radius 3 is 2.55 bits per heavy atom. The molecule has 1 aliphatic rings. The van der Waals surface area contributed by atoms with E-state index < -0.39 is 6.10 Å². The van der Waals surface area contributed by atoms with Gasteiger partial charge in [0.1, 0.15) is 5.75 Å². The van der Waals surface area contributed by atoms with Crippen LogP contribution in [-0.2, 0) is 13.0 Å². The van der Waals surface area contributed by atoms with Crippen molar-refractivity contribution in [3.63, 3.8) is 0 Å². The standard InChI is InChI=1S/C17H19NO2/c1-12(19)16-7-6-15(10-17(16)20)18-9-8-13-4-2-3-5-14(13)11-18/h2-7,10,12,19-20H,8-9,11H2,1H3. The number of benzene rings is 2. The molecule has 0 spiro atoms. The maximum atomic E-state index is 10.0. The van der Waals surface area contributed by atoms with Gasteiger partial charge in [-0.2, -0.15) is 0 Å². The van der Waals surface area contributed by atoms with Gasteiger partial charge >= 0.3 is 0 Å². The highest BCUT2D eigenvalue weighted by Gasteiger charge is 2.17. The van der Waals surface area contributed by atoms with Gasteiger partial charge in [-0.25, -0.2) is 0 Å². The topological polar surface area (TPSA) is 43.7 Å². The van der Waals surface area contributed by atoms with Crippen molar-refractivity contribution < 1.29 is 10.2 Å². The number of phenols is 1. The molecule has 0 fully saturated rings. The summed E-state index contributed by atoms with van der Waals surface area (Å²) in [6.45, 7) is 3.47. The molecule has 0 bridgehead atoms. The van der Waals surface area contributed by atoms with Crippen LogP contribution in [0.15, 0.2) is 42.5 Å². The Morgan fingerprint density at radius 2 is 1.85 bits per heavy atom. The fourth-order valence-electron chi connectivity index (χ4n) is 2.80. The van der Waals surface area contributed by atoms with Gasteiger partial charge in [-0.05, 0) is 30.5 Å². The van der Waals surface area contributed by atoms with Gasteiger partial charge in [-0.15, -0.1) is 0 Å². The molecular weight excluding hydrogens is 250 g/mol. The summed E-state index contributed by atoms with van der Waals surface area (Å²) in [5, 5.41) is 19.6. The van der Waals surface area contributed by atoms with Gasteiger partial charge in [0.15, 0.2) is 0 Å². The molecule has 2 N–H and O–H groups in total. The molecule has 2 aromatic carbocycles. The van der Waals surface area contributed by atoms with Crippen molar-refractivity contribution in [2.45, 2.75) is 26.0 Å². The van der Waals surface area contributed by atoms with Gasteiger partial charge < -0.3 is 15.1 Å². The Bertz CT molecular complexity index is 622. The molecule has 0 aliphatic carbocycles. The van der Waals surface area contributed by atoms with Crippen molar-refractivity contribution >= 4 is 5.69 Å². The Labute approximate surface area is 119 Å². The molecule has 0 amide bonds. The summed E-state index contributed by atoms with van der Waals surface area (Å²) >= 11 is 0. The lowest BCUT2D eigenvalue weighted by Crippen LogP contribution is -2.30. The second-order valence-corrected chi connectivity index (χ2v) is 5.36. The summed E-state index contributed by atoms with van der Waals surface area (Å²) in [7, 11) is 0. The van der Waals surface area contributed by atoms with Crippen LogP contribution in [0.2, 0.25) is 0 Å². The predicted molar refractivity (Wildman–Crippen MR) is 79.9 cm³/mol. The molecule has 0 saturated heterocycles. The zero-order valence-electron chi connectivity index (χ0n) is 11.6. The number of hydrogen-bond acceptors (Lipinski definition) is 3. The number of aliphatic hydroxyl groups excluding tert-OH is 1. The lowest BCUT2D eigenvalue weighted by atomic mass is 9.99. The molecule has 0 radical (unpaired) electrons. The zero-order chi connectivity index (χ0) is 14.1. The number of aromatic hydroxyl groups is 1. The summed E-state index contributed by atoms with van der Waals surface area (Å²) in [6, 6.07) is 14.0. The molecule has 3 nitrogen and oxygen atoms in total. The Balaban J connectivity index is 1.86. The summed E-state index contributed by atoms with van der Waals surface area (Å²) in [6.07, 6.45) is 0.376. The summed E-state index contributed by atoms with van der Waals surface area (Å²) in [5.41, 5.74) is 4.33. The van der Waals surface area contributed by atoms with Crippen molar-refractivity contribution in [3.8, 4) is 5.75 Å². The molecular formula is C17H19NO2. The van der Waals surface area contributed by atoms with Crippen LogP contribution in [0.1, 0.15) is 29.7 Å². The normalized spacial score (nSPS) is 15.8. The highest BCUT2D eigenvalue weighted by Crippen LogP contribution is 2.31. The van der Waals surface area contributed by atoms with E-state index in [1.807, 2.05) is 6.07 Å². The van der Waals surface area contributed by atoms with E-state index >= 15 is 0 Å². The van der Waals surface area contributed by atoms with Gasteiger partial charge in [-0.3, -0.25) is 0 Å². The third-order valence-electron chi connectivity index (χ3n) is 3.96. The third-order valence-corrected chi connectivity index (χ3v) is 3.96. The number of fused-ring (bicyclic) bond motifs is 1. The van der Waals surface area contributed by atoms with E-state index in [1.54, 1.807) is 19.1 Å². The largest absolute Gasteiger partial charge is 0.507 e. The van der Waals surface area contributed by atoms with Crippen LogP contribution in [0.25, 0.3) is 0 Å². The number of rotatable bonds is 2. The number of phenolic OH excluding ortho intramolecular Hbond substituents is 1. The fourth-order valence-corrected chi connectivity index (χ4v) is 2.80. The van der Waals surface area contributed by atoms with Crippen molar-refractivity contribution in [3.05, 3.63) is 59.2 Å². The number of nitrogens with zero attached hydrogens (tertiary/aromatic N) is 1. The second-order valence-electron chi connectivity index (χ2n) is 5.36.